The van der Waals surface area contributed by atoms with Crippen molar-refractivity contribution < 1.29 is 0 Å². The van der Waals surface area contributed by atoms with Gasteiger partial charge in [-0.05, 0) is 0 Å². The maximum absolute atomic E-state index is 4.76. The number of aromatic nitrogens is 2. The molecular formula is C20H20N2S2Se. The fraction of sp³-hybridized carbons (Fsp3) is 0.300. The van der Waals surface area contributed by atoms with Gasteiger partial charge in [-0.2, -0.15) is 0 Å². The predicted octanol–water partition coefficient (Wildman–Crippen LogP) is 6.39. The van der Waals surface area contributed by atoms with Crippen molar-refractivity contribution in [3.05, 3.63) is 46.2 Å². The van der Waals surface area contributed by atoms with E-state index in [0.29, 0.717) is 11.8 Å². The molecule has 0 spiro atoms. The van der Waals surface area contributed by atoms with Gasteiger partial charge in [0, 0.05) is 0 Å². The number of fused-ring (bicyclic) bond motifs is 1. The molecule has 5 heteroatoms. The van der Waals surface area contributed by atoms with Crippen molar-refractivity contribution in [2.45, 2.75) is 39.5 Å². The van der Waals surface area contributed by atoms with E-state index >= 15 is 0 Å². The molecule has 3 aromatic heterocycles. The van der Waals surface area contributed by atoms with Crippen molar-refractivity contribution >= 4 is 48.7 Å². The third-order valence-electron chi connectivity index (χ3n) is 4.34. The Bertz CT molecular complexity index is 943. The molecule has 2 nitrogen and oxygen atoms in total. The molecule has 0 saturated carbocycles. The van der Waals surface area contributed by atoms with Crippen LogP contribution in [0.1, 0.15) is 49.3 Å². The van der Waals surface area contributed by atoms with Gasteiger partial charge in [-0.25, -0.2) is 0 Å². The Labute approximate surface area is 162 Å². The van der Waals surface area contributed by atoms with Crippen molar-refractivity contribution in [2.24, 2.45) is 0 Å². The van der Waals surface area contributed by atoms with Crippen LogP contribution < -0.4 is 0 Å². The summed E-state index contributed by atoms with van der Waals surface area (Å²) in [5.74, 6) is 1.13. The Morgan fingerprint density at radius 2 is 1.12 bits per heavy atom. The van der Waals surface area contributed by atoms with Gasteiger partial charge in [0.1, 0.15) is 0 Å². The van der Waals surface area contributed by atoms with Gasteiger partial charge in [0.25, 0.3) is 0 Å². The zero-order chi connectivity index (χ0) is 17.6. The van der Waals surface area contributed by atoms with E-state index in [0.717, 1.165) is 11.0 Å². The van der Waals surface area contributed by atoms with Gasteiger partial charge in [-0.15, -0.1) is 0 Å². The standard InChI is InChI=1S/C20H20N2S2Se/c1-11(2)15-7-9-17(23-15)13-5-6-14(20-19(13)21-25-22-20)18-10-8-16(24-18)12(3)4/h5-12H,1-4H3. The molecule has 0 aliphatic heterocycles. The third-order valence-corrected chi connectivity index (χ3v) is 8.28. The molecule has 4 rings (SSSR count). The number of benzene rings is 1. The van der Waals surface area contributed by atoms with E-state index in [-0.39, 0.29) is 15.0 Å². The molecule has 0 atom stereocenters. The van der Waals surface area contributed by atoms with Crippen molar-refractivity contribution in [3.63, 3.8) is 0 Å². The molecule has 3 heterocycles. The molecule has 0 amide bonds. The molecular weight excluding hydrogens is 411 g/mol. The summed E-state index contributed by atoms with van der Waals surface area (Å²) in [7, 11) is 0. The zero-order valence-electron chi connectivity index (χ0n) is 14.7. The topological polar surface area (TPSA) is 25.8 Å². The molecule has 0 radical (unpaired) electrons. The number of thiophene rings is 2. The first-order chi connectivity index (χ1) is 12.0. The molecule has 0 unspecified atom stereocenters. The summed E-state index contributed by atoms with van der Waals surface area (Å²) in [6, 6.07) is 13.4. The fourth-order valence-electron chi connectivity index (χ4n) is 2.88. The van der Waals surface area contributed by atoms with Crippen molar-refractivity contribution in [3.8, 4) is 20.9 Å². The number of hydrogen-bond donors (Lipinski definition) is 0. The minimum absolute atomic E-state index is 0.0243. The van der Waals surface area contributed by atoms with Gasteiger partial charge in [0.05, 0.1) is 0 Å². The number of nitrogens with zero attached hydrogens (tertiary/aromatic N) is 2. The summed E-state index contributed by atoms with van der Waals surface area (Å²) in [5.41, 5.74) is 4.65. The van der Waals surface area contributed by atoms with Crippen LogP contribution in [-0.4, -0.2) is 22.9 Å². The van der Waals surface area contributed by atoms with Crippen LogP contribution >= 0.6 is 22.7 Å². The summed E-state index contributed by atoms with van der Waals surface area (Å²) in [6.07, 6.45) is 0. The van der Waals surface area contributed by atoms with E-state index in [1.165, 1.54) is 30.6 Å². The first kappa shape index (κ1) is 17.2. The molecule has 4 aromatic rings. The van der Waals surface area contributed by atoms with Crippen LogP contribution in [0.2, 0.25) is 0 Å². The Morgan fingerprint density at radius 1 is 0.680 bits per heavy atom. The average molecular weight is 431 g/mol. The summed E-state index contributed by atoms with van der Waals surface area (Å²) in [6.45, 7) is 8.98. The summed E-state index contributed by atoms with van der Waals surface area (Å²) < 4.78 is 9.53. The third kappa shape index (κ3) is 3.15. The Morgan fingerprint density at radius 3 is 1.48 bits per heavy atom. The van der Waals surface area contributed by atoms with E-state index in [1.54, 1.807) is 0 Å². The van der Waals surface area contributed by atoms with Crippen LogP contribution in [0.3, 0.4) is 0 Å². The maximum atomic E-state index is 4.76. The zero-order valence-corrected chi connectivity index (χ0v) is 18.1. The first-order valence-electron chi connectivity index (χ1n) is 8.50. The van der Waals surface area contributed by atoms with Gasteiger partial charge in [0.15, 0.2) is 0 Å². The summed E-state index contributed by atoms with van der Waals surface area (Å²) >= 11 is 3.73. The van der Waals surface area contributed by atoms with Gasteiger partial charge in [0.2, 0.25) is 0 Å². The molecule has 128 valence electrons. The van der Waals surface area contributed by atoms with Crippen LogP contribution in [0.4, 0.5) is 0 Å². The van der Waals surface area contributed by atoms with Gasteiger partial charge >= 0.3 is 163 Å². The molecule has 0 aliphatic rings. The Kier molecular flexibility index (Phi) is 4.67. The minimum atomic E-state index is -0.0243. The van der Waals surface area contributed by atoms with Crippen LogP contribution in [0, 0.1) is 0 Å². The van der Waals surface area contributed by atoms with E-state index in [4.69, 9.17) is 7.96 Å². The normalized spacial score (nSPS) is 11.9. The SMILES string of the molecule is CC(C)c1ccc(-c2ccc(-c3ccc(C(C)C)s3)c3n[se]nc23)s1. The van der Waals surface area contributed by atoms with Crippen molar-refractivity contribution in [2.75, 3.05) is 0 Å². The molecule has 0 bridgehead atoms. The Balaban J connectivity index is 1.83. The van der Waals surface area contributed by atoms with E-state index in [1.807, 2.05) is 22.7 Å². The molecule has 0 fully saturated rings. The number of hydrogen-bond acceptors (Lipinski definition) is 4. The van der Waals surface area contributed by atoms with E-state index in [9.17, 15) is 0 Å². The van der Waals surface area contributed by atoms with E-state index in [2.05, 4.69) is 64.1 Å². The van der Waals surface area contributed by atoms with Crippen molar-refractivity contribution in [1.29, 1.82) is 0 Å². The second-order valence-electron chi connectivity index (χ2n) is 6.84. The quantitative estimate of drug-likeness (QED) is 0.350. The fourth-order valence-corrected chi connectivity index (χ4v) is 6.16. The second-order valence-corrected chi connectivity index (χ2v) is 10.2. The van der Waals surface area contributed by atoms with Crippen LogP contribution in [-0.2, 0) is 0 Å². The van der Waals surface area contributed by atoms with Crippen LogP contribution in [0.15, 0.2) is 36.4 Å². The molecule has 25 heavy (non-hydrogen) atoms. The summed E-state index contributed by atoms with van der Waals surface area (Å²) in [5, 5.41) is 0. The molecule has 0 aliphatic carbocycles. The molecule has 0 N–H and O–H groups in total. The van der Waals surface area contributed by atoms with Gasteiger partial charge < -0.3 is 0 Å². The Hall–Kier alpha value is -1.26. The molecule has 1 aromatic carbocycles. The predicted molar refractivity (Wildman–Crippen MR) is 111 cm³/mol. The first-order valence-corrected chi connectivity index (χ1v) is 11.7. The molecule has 0 saturated heterocycles. The van der Waals surface area contributed by atoms with Crippen LogP contribution in [0.5, 0.6) is 0 Å². The van der Waals surface area contributed by atoms with Gasteiger partial charge in [-0.1, -0.05) is 0 Å². The second kappa shape index (κ2) is 6.81. The number of rotatable bonds is 4. The van der Waals surface area contributed by atoms with Crippen molar-refractivity contribution in [1.82, 2.24) is 7.96 Å². The van der Waals surface area contributed by atoms with Crippen LogP contribution in [0.25, 0.3) is 31.9 Å². The van der Waals surface area contributed by atoms with E-state index < -0.39 is 0 Å². The average Bonchev–Trinajstić information content (AvgIpc) is 3.32. The monoisotopic (exact) mass is 432 g/mol. The summed E-state index contributed by atoms with van der Waals surface area (Å²) in [4.78, 5) is 5.45. The van der Waals surface area contributed by atoms with Gasteiger partial charge in [-0.3, -0.25) is 0 Å².